The highest BCUT2D eigenvalue weighted by Gasteiger charge is 2.20. The molecular formula is C21H30N4O3S. The highest BCUT2D eigenvalue weighted by atomic mass is 32.1. The summed E-state index contributed by atoms with van der Waals surface area (Å²) in [6.45, 7) is 7.59. The number of rotatable bonds is 8. The molecule has 0 spiro atoms. The molecule has 8 heteroatoms. The Bertz CT molecular complexity index is 774. The first kappa shape index (κ1) is 21.3. The van der Waals surface area contributed by atoms with Crippen molar-refractivity contribution in [1.82, 2.24) is 10.2 Å². The summed E-state index contributed by atoms with van der Waals surface area (Å²) in [6, 6.07) is 10.1. The van der Waals surface area contributed by atoms with Crippen molar-refractivity contribution in [3.05, 3.63) is 41.3 Å². The normalized spacial score (nSPS) is 14.8. The van der Waals surface area contributed by atoms with Crippen LogP contribution in [0.3, 0.4) is 0 Å². The van der Waals surface area contributed by atoms with Crippen LogP contribution < -0.4 is 19.7 Å². The van der Waals surface area contributed by atoms with Crippen molar-refractivity contribution < 1.29 is 14.6 Å². The number of aliphatic hydroxyl groups is 1. The van der Waals surface area contributed by atoms with Gasteiger partial charge in [0.25, 0.3) is 0 Å². The van der Waals surface area contributed by atoms with Gasteiger partial charge in [0.05, 0.1) is 25.3 Å². The van der Waals surface area contributed by atoms with E-state index < -0.39 is 0 Å². The van der Waals surface area contributed by atoms with Crippen LogP contribution in [0.15, 0.2) is 40.7 Å². The summed E-state index contributed by atoms with van der Waals surface area (Å²) in [7, 11) is 1.62. The average Bonchev–Trinajstić information content (AvgIpc) is 3.30. The summed E-state index contributed by atoms with van der Waals surface area (Å²) in [6.07, 6.45) is 0. The minimum atomic E-state index is -0.0268. The minimum absolute atomic E-state index is 0.0268. The van der Waals surface area contributed by atoms with Crippen molar-refractivity contribution >= 4 is 22.3 Å². The largest absolute Gasteiger partial charge is 0.493 e. The predicted octanol–water partition coefficient (Wildman–Crippen LogP) is 2.42. The number of hydrogen-bond donors (Lipinski definition) is 2. The number of aliphatic imine (C=N–C) groups is 1. The van der Waals surface area contributed by atoms with Gasteiger partial charge in [-0.15, -0.1) is 11.3 Å². The van der Waals surface area contributed by atoms with Gasteiger partial charge < -0.3 is 29.7 Å². The summed E-state index contributed by atoms with van der Waals surface area (Å²) >= 11 is 1.79. The molecule has 7 nitrogen and oxygen atoms in total. The van der Waals surface area contributed by atoms with E-state index in [-0.39, 0.29) is 13.2 Å². The SMILES string of the molecule is CCNC(=NCc1ccc(OCCO)c(OC)c1)N1CCN(c2cccs2)CC1. The zero-order chi connectivity index (χ0) is 20.5. The van der Waals surface area contributed by atoms with Crippen molar-refractivity contribution in [2.75, 3.05) is 57.9 Å². The van der Waals surface area contributed by atoms with Crippen LogP contribution in [0.25, 0.3) is 0 Å². The maximum absolute atomic E-state index is 8.94. The molecule has 1 aliphatic heterocycles. The van der Waals surface area contributed by atoms with Gasteiger partial charge in [-0.05, 0) is 42.1 Å². The van der Waals surface area contributed by atoms with Gasteiger partial charge in [0.15, 0.2) is 17.5 Å². The van der Waals surface area contributed by atoms with E-state index in [9.17, 15) is 0 Å². The standard InChI is InChI=1S/C21H30N4O3S/c1-3-22-21(25-10-8-24(9-11-25)20-5-4-14-29-20)23-16-17-6-7-18(28-13-12-26)19(15-17)27-2/h4-7,14-15,26H,3,8-13,16H2,1-2H3,(H,22,23). The average molecular weight is 419 g/mol. The Kier molecular flexibility index (Phi) is 8.01. The first-order valence-electron chi connectivity index (χ1n) is 9.97. The van der Waals surface area contributed by atoms with Crippen LogP contribution in [0, 0.1) is 0 Å². The van der Waals surface area contributed by atoms with Gasteiger partial charge in [0, 0.05) is 32.7 Å². The maximum atomic E-state index is 8.94. The minimum Gasteiger partial charge on any atom is -0.493 e. The Morgan fingerprint density at radius 1 is 1.21 bits per heavy atom. The molecule has 0 radical (unpaired) electrons. The molecule has 3 rings (SSSR count). The predicted molar refractivity (Wildman–Crippen MR) is 118 cm³/mol. The summed E-state index contributed by atoms with van der Waals surface area (Å²) in [5, 5.41) is 15.8. The van der Waals surface area contributed by atoms with E-state index in [0.29, 0.717) is 18.0 Å². The molecule has 1 aromatic carbocycles. The maximum Gasteiger partial charge on any atom is 0.194 e. The van der Waals surface area contributed by atoms with E-state index in [1.54, 1.807) is 18.4 Å². The number of anilines is 1. The smallest absolute Gasteiger partial charge is 0.194 e. The summed E-state index contributed by atoms with van der Waals surface area (Å²) in [4.78, 5) is 9.60. The zero-order valence-corrected chi connectivity index (χ0v) is 18.0. The van der Waals surface area contributed by atoms with Crippen LogP contribution in [-0.4, -0.2) is 69.0 Å². The number of guanidine groups is 1. The lowest BCUT2D eigenvalue weighted by molar-refractivity contribution is 0.196. The van der Waals surface area contributed by atoms with Crippen LogP contribution in [0.1, 0.15) is 12.5 Å². The van der Waals surface area contributed by atoms with E-state index in [0.717, 1.165) is 44.2 Å². The van der Waals surface area contributed by atoms with Crippen LogP contribution in [0.4, 0.5) is 5.00 Å². The van der Waals surface area contributed by atoms with Gasteiger partial charge >= 0.3 is 0 Å². The van der Waals surface area contributed by atoms with Gasteiger partial charge in [0.1, 0.15) is 6.61 Å². The molecular weight excluding hydrogens is 388 g/mol. The lowest BCUT2D eigenvalue weighted by Crippen LogP contribution is -2.52. The van der Waals surface area contributed by atoms with Crippen LogP contribution in [-0.2, 0) is 6.54 Å². The fourth-order valence-corrected chi connectivity index (χ4v) is 4.05. The second kappa shape index (κ2) is 10.9. The Morgan fingerprint density at radius 2 is 2.03 bits per heavy atom. The molecule has 2 N–H and O–H groups in total. The monoisotopic (exact) mass is 418 g/mol. The van der Waals surface area contributed by atoms with Gasteiger partial charge in [-0.2, -0.15) is 0 Å². The highest BCUT2D eigenvalue weighted by molar-refractivity contribution is 7.14. The van der Waals surface area contributed by atoms with E-state index in [1.165, 1.54) is 5.00 Å². The molecule has 0 unspecified atom stereocenters. The topological polar surface area (TPSA) is 69.6 Å². The number of aliphatic hydroxyl groups excluding tert-OH is 1. The molecule has 29 heavy (non-hydrogen) atoms. The molecule has 0 saturated carbocycles. The summed E-state index contributed by atoms with van der Waals surface area (Å²) in [5.74, 6) is 2.23. The molecule has 1 aliphatic rings. The number of nitrogens with zero attached hydrogens (tertiary/aromatic N) is 3. The molecule has 158 valence electrons. The van der Waals surface area contributed by atoms with Gasteiger partial charge in [-0.3, -0.25) is 0 Å². The number of benzene rings is 1. The molecule has 1 saturated heterocycles. The number of ether oxygens (including phenoxy) is 2. The molecule has 0 atom stereocenters. The number of piperazine rings is 1. The number of nitrogens with one attached hydrogen (secondary N) is 1. The summed E-state index contributed by atoms with van der Waals surface area (Å²) < 4.78 is 10.9. The van der Waals surface area contributed by atoms with Crippen molar-refractivity contribution in [2.24, 2.45) is 4.99 Å². The first-order valence-corrected chi connectivity index (χ1v) is 10.9. The van der Waals surface area contributed by atoms with E-state index >= 15 is 0 Å². The Hall–Kier alpha value is -2.45. The lowest BCUT2D eigenvalue weighted by Gasteiger charge is -2.37. The molecule has 2 heterocycles. The number of methoxy groups -OCH3 is 1. The second-order valence-electron chi connectivity index (χ2n) is 6.65. The Morgan fingerprint density at radius 3 is 2.69 bits per heavy atom. The fourth-order valence-electron chi connectivity index (χ4n) is 3.27. The summed E-state index contributed by atoms with van der Waals surface area (Å²) in [5.41, 5.74) is 1.05. The highest BCUT2D eigenvalue weighted by Crippen LogP contribution is 2.28. The van der Waals surface area contributed by atoms with Crippen LogP contribution >= 0.6 is 11.3 Å². The third kappa shape index (κ3) is 5.77. The quantitative estimate of drug-likeness (QED) is 0.507. The van der Waals surface area contributed by atoms with Crippen molar-refractivity contribution in [1.29, 1.82) is 0 Å². The zero-order valence-electron chi connectivity index (χ0n) is 17.1. The first-order chi connectivity index (χ1) is 14.2. The molecule has 0 bridgehead atoms. The van der Waals surface area contributed by atoms with Crippen molar-refractivity contribution in [3.8, 4) is 11.5 Å². The number of thiophene rings is 1. The van der Waals surface area contributed by atoms with Crippen LogP contribution in [0.5, 0.6) is 11.5 Å². The van der Waals surface area contributed by atoms with Gasteiger partial charge in [0.2, 0.25) is 0 Å². The molecule has 1 aromatic heterocycles. The van der Waals surface area contributed by atoms with E-state index in [4.69, 9.17) is 19.6 Å². The molecule has 0 amide bonds. The second-order valence-corrected chi connectivity index (χ2v) is 7.58. The molecule has 2 aromatic rings. The third-order valence-corrected chi connectivity index (χ3v) is 5.65. The number of hydrogen-bond acceptors (Lipinski definition) is 6. The third-order valence-electron chi connectivity index (χ3n) is 4.72. The lowest BCUT2D eigenvalue weighted by atomic mass is 10.2. The Labute approximate surface area is 176 Å². The molecule has 1 fully saturated rings. The molecule has 0 aliphatic carbocycles. The van der Waals surface area contributed by atoms with Gasteiger partial charge in [-0.25, -0.2) is 4.99 Å². The van der Waals surface area contributed by atoms with Crippen molar-refractivity contribution in [3.63, 3.8) is 0 Å². The van der Waals surface area contributed by atoms with Crippen molar-refractivity contribution in [2.45, 2.75) is 13.5 Å². The van der Waals surface area contributed by atoms with Crippen LogP contribution in [0.2, 0.25) is 0 Å². The fraction of sp³-hybridized carbons (Fsp3) is 0.476. The Balaban J connectivity index is 1.63. The van der Waals surface area contributed by atoms with E-state index in [1.807, 2.05) is 18.2 Å². The van der Waals surface area contributed by atoms with Gasteiger partial charge in [-0.1, -0.05) is 6.07 Å². The van der Waals surface area contributed by atoms with E-state index in [2.05, 4.69) is 39.6 Å².